The van der Waals surface area contributed by atoms with Crippen LogP contribution in [-0.2, 0) is 4.79 Å². The summed E-state index contributed by atoms with van der Waals surface area (Å²) in [5.41, 5.74) is 0.685. The first-order chi connectivity index (χ1) is 8.97. The van der Waals surface area contributed by atoms with Gasteiger partial charge in [-0.1, -0.05) is 17.7 Å². The molecule has 2 rings (SSSR count). The van der Waals surface area contributed by atoms with Crippen molar-refractivity contribution in [1.29, 1.82) is 0 Å². The van der Waals surface area contributed by atoms with Gasteiger partial charge in [0, 0.05) is 16.8 Å². The molecule has 0 radical (unpaired) electrons. The predicted octanol–water partition coefficient (Wildman–Crippen LogP) is 1.76. The molecular weight excluding hydrogens is 266 g/mol. The van der Waals surface area contributed by atoms with E-state index < -0.39 is 6.04 Å². The van der Waals surface area contributed by atoms with Gasteiger partial charge in [0.1, 0.15) is 6.04 Å². The molecule has 0 spiro atoms. The number of halogens is 1. The maximum Gasteiger partial charge on any atom is 0.322 e. The summed E-state index contributed by atoms with van der Waals surface area (Å²) in [5.74, 6) is -0.173. The van der Waals surface area contributed by atoms with Crippen LogP contribution in [0.5, 0.6) is 0 Å². The fourth-order valence-electron chi connectivity index (χ4n) is 1.94. The summed E-state index contributed by atoms with van der Waals surface area (Å²) in [7, 11) is 0. The molecule has 1 saturated heterocycles. The Balaban J connectivity index is 2.10. The van der Waals surface area contributed by atoms with E-state index >= 15 is 0 Å². The number of hydrogen-bond acceptors (Lipinski definition) is 2. The van der Waals surface area contributed by atoms with Gasteiger partial charge in [-0.25, -0.2) is 4.79 Å². The highest BCUT2D eigenvalue weighted by Crippen LogP contribution is 2.22. The Morgan fingerprint density at radius 3 is 2.89 bits per heavy atom. The van der Waals surface area contributed by atoms with Gasteiger partial charge in [0.2, 0.25) is 5.91 Å². The van der Waals surface area contributed by atoms with Crippen LogP contribution < -0.4 is 15.5 Å². The number of hydrogen-bond donors (Lipinski definition) is 2. The molecule has 19 heavy (non-hydrogen) atoms. The van der Waals surface area contributed by atoms with Crippen molar-refractivity contribution in [2.75, 3.05) is 11.4 Å². The van der Waals surface area contributed by atoms with Crippen LogP contribution in [0.4, 0.5) is 10.5 Å². The molecule has 2 N–H and O–H groups in total. The molecule has 1 aromatic rings. The Morgan fingerprint density at radius 1 is 1.53 bits per heavy atom. The number of nitrogens with one attached hydrogen (secondary N) is 2. The molecule has 0 aromatic heterocycles. The molecule has 1 fully saturated rings. The van der Waals surface area contributed by atoms with Gasteiger partial charge >= 0.3 is 6.03 Å². The summed E-state index contributed by atoms with van der Waals surface area (Å²) in [5, 5.41) is 6.00. The van der Waals surface area contributed by atoms with E-state index in [4.69, 9.17) is 11.6 Å². The van der Waals surface area contributed by atoms with Crippen molar-refractivity contribution >= 4 is 29.2 Å². The van der Waals surface area contributed by atoms with Gasteiger partial charge in [0.25, 0.3) is 0 Å². The maximum absolute atomic E-state index is 11.9. The summed E-state index contributed by atoms with van der Waals surface area (Å²) < 4.78 is 0. The third kappa shape index (κ3) is 3.17. The van der Waals surface area contributed by atoms with Gasteiger partial charge in [-0.2, -0.15) is 0 Å². The van der Waals surface area contributed by atoms with E-state index in [0.29, 0.717) is 17.3 Å². The van der Waals surface area contributed by atoms with Crippen LogP contribution in [0.25, 0.3) is 0 Å². The molecule has 0 saturated carbocycles. The van der Waals surface area contributed by atoms with Crippen LogP contribution in [0.2, 0.25) is 5.02 Å². The Hall–Kier alpha value is -1.75. The van der Waals surface area contributed by atoms with Crippen LogP contribution in [0.1, 0.15) is 13.8 Å². The van der Waals surface area contributed by atoms with Gasteiger partial charge in [0.15, 0.2) is 0 Å². The summed E-state index contributed by atoms with van der Waals surface area (Å²) in [6, 6.07) is 6.22. The summed E-state index contributed by atoms with van der Waals surface area (Å²) in [6.45, 7) is 4.06. The average molecular weight is 282 g/mol. The minimum Gasteiger partial charge on any atom is -0.352 e. The van der Waals surface area contributed by atoms with Crippen LogP contribution in [0.15, 0.2) is 24.3 Å². The quantitative estimate of drug-likeness (QED) is 0.887. The minimum absolute atomic E-state index is 0.0459. The number of benzene rings is 1. The molecule has 0 aliphatic carbocycles. The number of amides is 3. The zero-order valence-electron chi connectivity index (χ0n) is 10.8. The molecule has 0 bridgehead atoms. The second kappa shape index (κ2) is 5.48. The molecule has 6 heteroatoms. The molecule has 1 atom stereocenters. The zero-order valence-corrected chi connectivity index (χ0v) is 11.6. The predicted molar refractivity (Wildman–Crippen MR) is 74.4 cm³/mol. The van der Waals surface area contributed by atoms with Gasteiger partial charge in [0.05, 0.1) is 6.54 Å². The first-order valence-corrected chi connectivity index (χ1v) is 6.49. The second-order valence-electron chi connectivity index (χ2n) is 4.76. The first-order valence-electron chi connectivity index (χ1n) is 6.11. The van der Waals surface area contributed by atoms with Crippen molar-refractivity contribution in [2.45, 2.75) is 25.9 Å². The van der Waals surface area contributed by atoms with E-state index in [1.54, 1.807) is 24.3 Å². The standard InChI is InChI=1S/C13H16ClN3O2/c1-8(2)15-12(18)11-7-17(13(19)16-11)10-5-3-4-9(14)6-10/h3-6,8,11H,7H2,1-2H3,(H,15,18)(H,16,19). The monoisotopic (exact) mass is 281 g/mol. The number of anilines is 1. The molecule has 3 amide bonds. The van der Waals surface area contributed by atoms with Gasteiger partial charge in [-0.3, -0.25) is 9.69 Å². The second-order valence-corrected chi connectivity index (χ2v) is 5.19. The molecular formula is C13H16ClN3O2. The van der Waals surface area contributed by atoms with E-state index in [-0.39, 0.29) is 18.0 Å². The Kier molecular flexibility index (Phi) is 3.95. The fourth-order valence-corrected chi connectivity index (χ4v) is 2.12. The number of nitrogens with zero attached hydrogens (tertiary/aromatic N) is 1. The van der Waals surface area contributed by atoms with Gasteiger partial charge in [-0.05, 0) is 32.0 Å². The Morgan fingerprint density at radius 2 is 2.26 bits per heavy atom. The van der Waals surface area contributed by atoms with Crippen molar-refractivity contribution in [3.63, 3.8) is 0 Å². The lowest BCUT2D eigenvalue weighted by Gasteiger charge is -2.15. The van der Waals surface area contributed by atoms with E-state index in [9.17, 15) is 9.59 Å². The summed E-state index contributed by atoms with van der Waals surface area (Å²) in [6.07, 6.45) is 0. The topological polar surface area (TPSA) is 61.4 Å². The number of carbonyl (C=O) groups is 2. The van der Waals surface area contributed by atoms with Crippen molar-refractivity contribution < 1.29 is 9.59 Å². The highest BCUT2D eigenvalue weighted by molar-refractivity contribution is 6.30. The van der Waals surface area contributed by atoms with Crippen molar-refractivity contribution in [2.24, 2.45) is 0 Å². The molecule has 1 aliphatic rings. The van der Waals surface area contributed by atoms with Crippen molar-refractivity contribution in [3.05, 3.63) is 29.3 Å². The number of rotatable bonds is 3. The number of urea groups is 1. The SMILES string of the molecule is CC(C)NC(=O)C1CN(c2cccc(Cl)c2)C(=O)N1. The molecule has 1 heterocycles. The van der Waals surface area contributed by atoms with Crippen LogP contribution in [-0.4, -0.2) is 30.6 Å². The van der Waals surface area contributed by atoms with Crippen LogP contribution in [0.3, 0.4) is 0 Å². The van der Waals surface area contributed by atoms with Gasteiger partial charge in [-0.15, -0.1) is 0 Å². The lowest BCUT2D eigenvalue weighted by molar-refractivity contribution is -0.122. The molecule has 102 valence electrons. The Bertz CT molecular complexity index is 504. The first kappa shape index (κ1) is 13.7. The fraction of sp³-hybridized carbons (Fsp3) is 0.385. The van der Waals surface area contributed by atoms with Crippen molar-refractivity contribution in [3.8, 4) is 0 Å². The lowest BCUT2D eigenvalue weighted by Crippen LogP contribution is -2.45. The van der Waals surface area contributed by atoms with Crippen LogP contribution in [0, 0.1) is 0 Å². The normalized spacial score (nSPS) is 18.6. The van der Waals surface area contributed by atoms with E-state index in [1.165, 1.54) is 4.90 Å². The van der Waals surface area contributed by atoms with Crippen molar-refractivity contribution in [1.82, 2.24) is 10.6 Å². The maximum atomic E-state index is 11.9. The highest BCUT2D eigenvalue weighted by atomic mass is 35.5. The lowest BCUT2D eigenvalue weighted by atomic mass is 10.2. The third-order valence-electron chi connectivity index (χ3n) is 2.78. The van der Waals surface area contributed by atoms with E-state index in [2.05, 4.69) is 10.6 Å². The smallest absolute Gasteiger partial charge is 0.322 e. The molecule has 1 unspecified atom stereocenters. The molecule has 1 aliphatic heterocycles. The zero-order chi connectivity index (χ0) is 14.0. The summed E-state index contributed by atoms with van der Waals surface area (Å²) >= 11 is 5.90. The third-order valence-corrected chi connectivity index (χ3v) is 3.01. The molecule has 5 nitrogen and oxygen atoms in total. The van der Waals surface area contributed by atoms with Crippen LogP contribution >= 0.6 is 11.6 Å². The average Bonchev–Trinajstić information content (AvgIpc) is 2.70. The van der Waals surface area contributed by atoms with E-state index in [1.807, 2.05) is 13.8 Å². The number of carbonyl (C=O) groups excluding carboxylic acids is 2. The van der Waals surface area contributed by atoms with Gasteiger partial charge < -0.3 is 10.6 Å². The van der Waals surface area contributed by atoms with E-state index in [0.717, 1.165) is 0 Å². The molecule has 1 aromatic carbocycles. The highest BCUT2D eigenvalue weighted by Gasteiger charge is 2.34. The summed E-state index contributed by atoms with van der Waals surface area (Å²) in [4.78, 5) is 25.3. The Labute approximate surface area is 116 Å². The largest absolute Gasteiger partial charge is 0.352 e. The minimum atomic E-state index is -0.533.